The highest BCUT2D eigenvalue weighted by molar-refractivity contribution is 5.78. The van der Waals surface area contributed by atoms with Crippen LogP contribution in [0, 0.1) is 11.6 Å². The van der Waals surface area contributed by atoms with Crippen LogP contribution in [0.5, 0.6) is 0 Å². The number of hydrogen-bond acceptors (Lipinski definition) is 2. The first kappa shape index (κ1) is 18.9. The summed E-state index contributed by atoms with van der Waals surface area (Å²) in [5, 5.41) is 3.29. The molecule has 0 unspecified atom stereocenters. The van der Waals surface area contributed by atoms with E-state index < -0.39 is 11.6 Å². The molecule has 1 saturated heterocycles. The minimum absolute atomic E-state index is 0.137. The monoisotopic (exact) mass is 384 g/mol. The second-order valence-corrected chi connectivity index (χ2v) is 7.74. The molecule has 2 fully saturated rings. The third kappa shape index (κ3) is 4.50. The molecule has 1 aliphatic carbocycles. The number of nitrogens with two attached hydrogens (primary N) is 1. The predicted molar refractivity (Wildman–Crippen MR) is 107 cm³/mol. The van der Waals surface area contributed by atoms with Crippen LogP contribution in [0.25, 0.3) is 0 Å². The van der Waals surface area contributed by atoms with Crippen LogP contribution in [0.1, 0.15) is 36.3 Å². The Labute approximate surface area is 164 Å². The lowest BCUT2D eigenvalue weighted by atomic mass is 10.0. The molecule has 2 aromatic carbocycles. The maximum atomic E-state index is 13.9. The lowest BCUT2D eigenvalue weighted by Gasteiger charge is -2.32. The van der Waals surface area contributed by atoms with E-state index in [2.05, 4.69) is 39.5 Å². The maximum Gasteiger partial charge on any atom is 0.189 e. The predicted octanol–water partition coefficient (Wildman–Crippen LogP) is 3.39. The zero-order valence-electron chi connectivity index (χ0n) is 15.8. The molecule has 0 radical (unpaired) electrons. The second kappa shape index (κ2) is 8.27. The molecule has 3 N–H and O–H groups in total. The fourth-order valence-electron chi connectivity index (χ4n) is 4.00. The standard InChI is InChI=1S/C22H26F2N4/c23-18-7-4-8-19(24)21(18)17-13-20(17)27-22(25)26-16-9-11-28(12-10-16)14-15-5-2-1-3-6-15/h1-8,16-17,20H,9-14H2,(H3,25,26,27)/t17-,20-/m1/s1. The maximum absolute atomic E-state index is 13.9. The molecule has 4 nitrogen and oxygen atoms in total. The van der Waals surface area contributed by atoms with Gasteiger partial charge >= 0.3 is 0 Å². The van der Waals surface area contributed by atoms with E-state index in [0.29, 0.717) is 12.4 Å². The molecule has 148 valence electrons. The van der Waals surface area contributed by atoms with E-state index >= 15 is 0 Å². The summed E-state index contributed by atoms with van der Waals surface area (Å²) in [6.45, 7) is 2.98. The number of nitrogens with zero attached hydrogens (tertiary/aromatic N) is 2. The van der Waals surface area contributed by atoms with Crippen molar-refractivity contribution in [1.82, 2.24) is 10.2 Å². The fourth-order valence-corrected chi connectivity index (χ4v) is 4.00. The average Bonchev–Trinajstić information content (AvgIpc) is 3.42. The molecule has 2 aliphatic rings. The van der Waals surface area contributed by atoms with Crippen molar-refractivity contribution in [3.05, 3.63) is 71.3 Å². The number of nitrogens with one attached hydrogen (secondary N) is 1. The molecule has 28 heavy (non-hydrogen) atoms. The van der Waals surface area contributed by atoms with Gasteiger partial charge in [0.1, 0.15) is 11.6 Å². The number of guanidine groups is 1. The van der Waals surface area contributed by atoms with Crippen molar-refractivity contribution in [2.45, 2.75) is 43.8 Å². The Kier molecular flexibility index (Phi) is 5.57. The van der Waals surface area contributed by atoms with E-state index in [1.54, 1.807) is 0 Å². The summed E-state index contributed by atoms with van der Waals surface area (Å²) in [6.07, 6.45) is 2.63. The molecule has 2 aromatic rings. The molecule has 2 atom stereocenters. The molecule has 0 bridgehead atoms. The van der Waals surface area contributed by atoms with Gasteiger partial charge in [-0.1, -0.05) is 36.4 Å². The Balaban J connectivity index is 1.25. The SMILES string of the molecule is NC(=N[C@@H]1C[C@H]1c1c(F)cccc1F)NC1CCN(Cc2ccccc2)CC1. The third-order valence-electron chi connectivity index (χ3n) is 5.62. The van der Waals surface area contributed by atoms with Gasteiger partial charge in [-0.15, -0.1) is 0 Å². The summed E-state index contributed by atoms with van der Waals surface area (Å²) in [5.74, 6) is -0.833. The highest BCUT2D eigenvalue weighted by Gasteiger charge is 2.42. The summed E-state index contributed by atoms with van der Waals surface area (Å²) in [7, 11) is 0. The molecular weight excluding hydrogens is 358 g/mol. The van der Waals surface area contributed by atoms with Crippen molar-refractivity contribution in [1.29, 1.82) is 0 Å². The van der Waals surface area contributed by atoms with Crippen LogP contribution in [-0.2, 0) is 6.54 Å². The summed E-state index contributed by atoms with van der Waals surface area (Å²) in [5.41, 5.74) is 7.52. The molecular formula is C22H26F2N4. The lowest BCUT2D eigenvalue weighted by Crippen LogP contribution is -2.47. The second-order valence-electron chi connectivity index (χ2n) is 7.74. The molecule has 1 heterocycles. The number of likely N-dealkylation sites (tertiary alicyclic amines) is 1. The van der Waals surface area contributed by atoms with Gasteiger partial charge in [-0.2, -0.15) is 0 Å². The number of piperidine rings is 1. The number of rotatable bonds is 5. The minimum Gasteiger partial charge on any atom is -0.370 e. The van der Waals surface area contributed by atoms with E-state index in [1.807, 2.05) is 6.07 Å². The van der Waals surface area contributed by atoms with Gasteiger partial charge in [0.2, 0.25) is 0 Å². The van der Waals surface area contributed by atoms with Crippen LogP contribution in [0.2, 0.25) is 0 Å². The summed E-state index contributed by atoms with van der Waals surface area (Å²) >= 11 is 0. The lowest BCUT2D eigenvalue weighted by molar-refractivity contribution is 0.199. The summed E-state index contributed by atoms with van der Waals surface area (Å²) < 4.78 is 27.8. The van der Waals surface area contributed by atoms with Crippen LogP contribution in [0.4, 0.5) is 8.78 Å². The number of benzene rings is 2. The largest absolute Gasteiger partial charge is 0.370 e. The molecule has 4 rings (SSSR count). The summed E-state index contributed by atoms with van der Waals surface area (Å²) in [4.78, 5) is 6.89. The van der Waals surface area contributed by atoms with Crippen molar-refractivity contribution in [2.24, 2.45) is 10.7 Å². The Morgan fingerprint density at radius 3 is 2.39 bits per heavy atom. The molecule has 6 heteroatoms. The van der Waals surface area contributed by atoms with Crippen molar-refractivity contribution in [3.8, 4) is 0 Å². The van der Waals surface area contributed by atoms with E-state index in [0.717, 1.165) is 32.5 Å². The Morgan fingerprint density at radius 2 is 1.71 bits per heavy atom. The topological polar surface area (TPSA) is 53.6 Å². The van der Waals surface area contributed by atoms with Crippen molar-refractivity contribution in [3.63, 3.8) is 0 Å². The molecule has 1 aliphatic heterocycles. The van der Waals surface area contributed by atoms with Crippen LogP contribution < -0.4 is 11.1 Å². The Hall–Kier alpha value is -2.47. The van der Waals surface area contributed by atoms with Gasteiger partial charge < -0.3 is 11.1 Å². The third-order valence-corrected chi connectivity index (χ3v) is 5.62. The molecule has 1 saturated carbocycles. The Morgan fingerprint density at radius 1 is 1.04 bits per heavy atom. The highest BCUT2D eigenvalue weighted by Crippen LogP contribution is 2.45. The fraction of sp³-hybridized carbons (Fsp3) is 0.409. The Bertz CT molecular complexity index is 811. The van der Waals surface area contributed by atoms with Gasteiger partial charge in [0.25, 0.3) is 0 Å². The van der Waals surface area contributed by atoms with Gasteiger partial charge in [-0.05, 0) is 37.0 Å². The van der Waals surface area contributed by atoms with Gasteiger partial charge in [-0.25, -0.2) is 13.8 Å². The molecule has 0 amide bonds. The summed E-state index contributed by atoms with van der Waals surface area (Å²) in [6, 6.07) is 14.6. The van der Waals surface area contributed by atoms with E-state index in [1.165, 1.54) is 23.8 Å². The normalized spacial score (nSPS) is 23.6. The molecule has 0 spiro atoms. The van der Waals surface area contributed by atoms with E-state index in [-0.39, 0.29) is 23.6 Å². The first-order valence-corrected chi connectivity index (χ1v) is 9.90. The van der Waals surface area contributed by atoms with Gasteiger partial charge in [0.15, 0.2) is 5.96 Å². The highest BCUT2D eigenvalue weighted by atomic mass is 19.1. The van der Waals surface area contributed by atoms with Gasteiger partial charge in [0.05, 0.1) is 6.04 Å². The molecule has 0 aromatic heterocycles. The smallest absolute Gasteiger partial charge is 0.189 e. The zero-order valence-corrected chi connectivity index (χ0v) is 15.8. The quantitative estimate of drug-likeness (QED) is 0.614. The van der Waals surface area contributed by atoms with Crippen molar-refractivity contribution in [2.75, 3.05) is 13.1 Å². The van der Waals surface area contributed by atoms with Crippen molar-refractivity contribution >= 4 is 5.96 Å². The zero-order chi connectivity index (χ0) is 19.5. The average molecular weight is 384 g/mol. The van der Waals surface area contributed by atoms with Crippen LogP contribution in [0.3, 0.4) is 0 Å². The number of halogens is 2. The first-order chi connectivity index (χ1) is 13.6. The number of hydrogen-bond donors (Lipinski definition) is 2. The van der Waals surface area contributed by atoms with E-state index in [9.17, 15) is 8.78 Å². The van der Waals surface area contributed by atoms with Crippen molar-refractivity contribution < 1.29 is 8.78 Å². The van der Waals surface area contributed by atoms with E-state index in [4.69, 9.17) is 5.73 Å². The first-order valence-electron chi connectivity index (χ1n) is 9.90. The van der Waals surface area contributed by atoms with Gasteiger partial charge in [0, 0.05) is 37.2 Å². The van der Waals surface area contributed by atoms with Gasteiger partial charge in [-0.3, -0.25) is 4.90 Å². The number of aliphatic imine (C=N–C) groups is 1. The minimum atomic E-state index is -0.500. The van der Waals surface area contributed by atoms with Crippen LogP contribution in [-0.4, -0.2) is 36.0 Å². The van der Waals surface area contributed by atoms with Crippen LogP contribution in [0.15, 0.2) is 53.5 Å². The van der Waals surface area contributed by atoms with Crippen LogP contribution >= 0.6 is 0 Å².